The van der Waals surface area contributed by atoms with Gasteiger partial charge in [0.1, 0.15) is 0 Å². The monoisotopic (exact) mass is 264 g/mol. The van der Waals surface area contributed by atoms with Crippen LogP contribution in [0.15, 0.2) is 0 Å². The average molecular weight is 265 g/mol. The van der Waals surface area contributed by atoms with Crippen LogP contribution in [-0.4, -0.2) is 0 Å². The van der Waals surface area contributed by atoms with Crippen molar-refractivity contribution in [2.75, 3.05) is 0 Å². The Bertz CT molecular complexity index is 6.00. The Morgan fingerprint density at radius 2 is 1.00 bits per heavy atom. The molecule has 0 aromatic heterocycles. The normalized spacial score (nSPS) is 1.75. The van der Waals surface area contributed by atoms with Crippen molar-refractivity contribution >= 4 is 9.42 Å². The molecule has 0 aliphatic heterocycles. The van der Waals surface area contributed by atoms with Crippen LogP contribution < -0.4 is 12.3 Å². The Labute approximate surface area is 40.9 Å². The second-order valence-electron chi connectivity index (χ2n) is 0. The van der Waals surface area contributed by atoms with E-state index in [4.69, 9.17) is 0 Å². The molecule has 32 valence electrons. The molecule has 0 aliphatic carbocycles. The maximum atomic E-state index is 4.61. The quantitative estimate of drug-likeness (QED) is 0.685. The number of halogens is 1. The summed E-state index contributed by atoms with van der Waals surface area (Å²) in [6.45, 7) is 0. The van der Waals surface area contributed by atoms with Crippen molar-refractivity contribution in [2.45, 2.75) is 0 Å². The van der Waals surface area contributed by atoms with Crippen molar-refractivity contribution in [3.8, 4) is 0 Å². The summed E-state index contributed by atoms with van der Waals surface area (Å²) in [7, 11) is 4.61. The van der Waals surface area contributed by atoms with E-state index in [-0.39, 0.29) is 12.3 Å². The first kappa shape index (κ1) is 20.7. The molecule has 0 saturated carbocycles. The van der Waals surface area contributed by atoms with E-state index in [2.05, 4.69) is 9.42 Å². The molecule has 0 bridgehead atoms. The van der Waals surface area contributed by atoms with E-state index in [1.54, 1.807) is 18.8 Å². The summed E-state index contributed by atoms with van der Waals surface area (Å²) < 4.78 is 0. The summed E-state index contributed by atoms with van der Waals surface area (Å²) in [4.78, 5) is 0. The number of hydrogen-bond acceptors (Lipinski definition) is 2. The summed E-state index contributed by atoms with van der Waals surface area (Å²) in [6.07, 6.45) is 0. The first-order valence-electron chi connectivity index (χ1n) is 0.120. The van der Waals surface area contributed by atoms with E-state index < -0.39 is 0 Å². The van der Waals surface area contributed by atoms with Gasteiger partial charge in [0.05, 0.1) is 0 Å². The molecule has 0 radical (unpaired) electrons. The fourth-order valence-corrected chi connectivity index (χ4v) is 0. The Kier molecular flexibility index (Phi) is 210. The van der Waals surface area contributed by atoms with Gasteiger partial charge in [-0.2, -0.15) is 0 Å². The standard InChI is InChI=1S/ClH.2H3N.Pt/h1H;2*1H3;/q;;;+2/p-1. The molecule has 0 saturated heterocycles. The third-order valence-corrected chi connectivity index (χ3v) is 0. The van der Waals surface area contributed by atoms with Crippen LogP contribution in [0.25, 0.3) is 0 Å². The Morgan fingerprint density at radius 1 is 1.00 bits per heavy atom. The number of rotatable bonds is 0. The van der Waals surface area contributed by atoms with Gasteiger partial charge in [-0.15, -0.1) is 0 Å². The SMILES string of the molecule is N.N.[Cl][Pt+]. The third-order valence-electron chi connectivity index (χ3n) is 0. The van der Waals surface area contributed by atoms with Gasteiger partial charge in [-0.1, -0.05) is 0 Å². The van der Waals surface area contributed by atoms with Gasteiger partial charge in [-0.05, 0) is 0 Å². The molecule has 0 amide bonds. The minimum atomic E-state index is 0. The molecular formula is H6ClN2Pt+. The van der Waals surface area contributed by atoms with Crippen molar-refractivity contribution in [3.63, 3.8) is 0 Å². The fourth-order valence-electron chi connectivity index (χ4n) is 0. The van der Waals surface area contributed by atoms with Gasteiger partial charge in [0, 0.05) is 0 Å². The van der Waals surface area contributed by atoms with Gasteiger partial charge >= 0.3 is 28.2 Å². The van der Waals surface area contributed by atoms with Crippen molar-refractivity contribution in [1.29, 1.82) is 0 Å². The first-order chi connectivity index (χ1) is 1.00. The molecular weight excluding hydrogens is 259 g/mol. The summed E-state index contributed by atoms with van der Waals surface area (Å²) in [6, 6.07) is 0. The van der Waals surface area contributed by atoms with Crippen molar-refractivity contribution < 1.29 is 18.8 Å². The van der Waals surface area contributed by atoms with Crippen LogP contribution in [0.4, 0.5) is 0 Å². The van der Waals surface area contributed by atoms with Crippen LogP contribution in [0.5, 0.6) is 0 Å². The fraction of sp³-hybridized carbons (Fsp3) is 0. The Hall–Kier alpha value is 0.898. The molecule has 0 fully saturated rings. The Morgan fingerprint density at radius 3 is 1.00 bits per heavy atom. The van der Waals surface area contributed by atoms with Gasteiger partial charge in [0.15, 0.2) is 0 Å². The van der Waals surface area contributed by atoms with Crippen LogP contribution in [0.3, 0.4) is 0 Å². The first-order valence-corrected chi connectivity index (χ1v) is 2.94. The summed E-state index contributed by atoms with van der Waals surface area (Å²) in [5.41, 5.74) is 0. The van der Waals surface area contributed by atoms with Crippen molar-refractivity contribution in [1.82, 2.24) is 12.3 Å². The van der Waals surface area contributed by atoms with Crippen LogP contribution in [0.1, 0.15) is 0 Å². The molecule has 0 aliphatic rings. The Balaban J connectivity index is -0.00000000500. The topological polar surface area (TPSA) is 70.0 Å². The molecule has 0 rings (SSSR count). The van der Waals surface area contributed by atoms with Crippen molar-refractivity contribution in [2.24, 2.45) is 0 Å². The molecule has 2 nitrogen and oxygen atoms in total. The van der Waals surface area contributed by atoms with Crippen LogP contribution in [-0.2, 0) is 18.8 Å². The second-order valence-corrected chi connectivity index (χ2v) is 0. The van der Waals surface area contributed by atoms with Crippen LogP contribution in [0, 0.1) is 0 Å². The predicted molar refractivity (Wildman–Crippen MR) is 15.9 cm³/mol. The van der Waals surface area contributed by atoms with Crippen LogP contribution >= 0.6 is 9.42 Å². The molecule has 0 atom stereocenters. The predicted octanol–water partition coefficient (Wildman–Crippen LogP) is 1.01. The summed E-state index contributed by atoms with van der Waals surface area (Å²) >= 11 is 1.61. The second kappa shape index (κ2) is 40.6. The zero-order valence-electron chi connectivity index (χ0n) is 2.11. The zero-order valence-corrected chi connectivity index (χ0v) is 5.14. The van der Waals surface area contributed by atoms with E-state index in [1.807, 2.05) is 0 Å². The van der Waals surface area contributed by atoms with E-state index in [0.29, 0.717) is 0 Å². The van der Waals surface area contributed by atoms with E-state index >= 15 is 0 Å². The average Bonchev–Trinajstić information content (AvgIpc) is 1.00. The van der Waals surface area contributed by atoms with Gasteiger partial charge in [-0.25, -0.2) is 0 Å². The zero-order chi connectivity index (χ0) is 2.00. The molecule has 6 N–H and O–H groups in total. The summed E-state index contributed by atoms with van der Waals surface area (Å²) in [5.74, 6) is 0. The molecule has 0 spiro atoms. The van der Waals surface area contributed by atoms with E-state index in [0.717, 1.165) is 0 Å². The third kappa shape index (κ3) is 12.9. The minimum absolute atomic E-state index is 0. The van der Waals surface area contributed by atoms with Gasteiger partial charge in [0.25, 0.3) is 0 Å². The number of hydrogen-bond donors (Lipinski definition) is 2. The molecule has 4 heavy (non-hydrogen) atoms. The summed E-state index contributed by atoms with van der Waals surface area (Å²) in [5, 5.41) is 0. The molecule has 0 aromatic carbocycles. The molecule has 4 heteroatoms. The van der Waals surface area contributed by atoms with Gasteiger partial charge in [0.2, 0.25) is 0 Å². The van der Waals surface area contributed by atoms with Gasteiger partial charge < -0.3 is 12.3 Å². The van der Waals surface area contributed by atoms with Gasteiger partial charge in [-0.3, -0.25) is 0 Å². The van der Waals surface area contributed by atoms with E-state index in [1.165, 1.54) is 0 Å². The maximum absolute atomic E-state index is 4.61. The van der Waals surface area contributed by atoms with Crippen molar-refractivity contribution in [3.05, 3.63) is 0 Å². The molecule has 0 heterocycles. The molecule has 0 unspecified atom stereocenters. The molecule has 0 aromatic rings. The van der Waals surface area contributed by atoms with E-state index in [9.17, 15) is 0 Å². The van der Waals surface area contributed by atoms with Crippen LogP contribution in [0.2, 0.25) is 0 Å².